The van der Waals surface area contributed by atoms with Crippen LogP contribution in [0.25, 0.3) is 11.6 Å². The van der Waals surface area contributed by atoms with Crippen LogP contribution in [0.2, 0.25) is 0 Å². The van der Waals surface area contributed by atoms with Gasteiger partial charge in [0, 0.05) is 23.0 Å². The fraction of sp³-hybridized carbons (Fsp3) is 0.0952. The van der Waals surface area contributed by atoms with E-state index < -0.39 is 0 Å². The molecule has 118 valence electrons. The molecule has 0 spiro atoms. The molecule has 1 aliphatic rings. The topological polar surface area (TPSA) is 12.9 Å². The van der Waals surface area contributed by atoms with Crippen molar-refractivity contribution < 1.29 is 8.78 Å². The van der Waals surface area contributed by atoms with E-state index >= 15 is 0 Å². The van der Waals surface area contributed by atoms with Crippen LogP contribution in [0.5, 0.6) is 0 Å². The van der Waals surface area contributed by atoms with Crippen molar-refractivity contribution in [1.82, 2.24) is 4.98 Å². The first-order chi connectivity index (χ1) is 11.7. The van der Waals surface area contributed by atoms with Crippen molar-refractivity contribution in [2.45, 2.75) is 12.8 Å². The minimum atomic E-state index is -0.275. The summed E-state index contributed by atoms with van der Waals surface area (Å²) < 4.78 is 27.8. The molecule has 0 saturated carbocycles. The first-order valence-corrected chi connectivity index (χ1v) is 7.91. The number of fused-ring (bicyclic) bond motifs is 2. The second kappa shape index (κ2) is 6.00. The number of pyridine rings is 1. The van der Waals surface area contributed by atoms with E-state index in [4.69, 9.17) is 0 Å². The number of aryl methyl sites for hydroxylation is 2. The van der Waals surface area contributed by atoms with Crippen LogP contribution in [0.15, 0.2) is 60.8 Å². The van der Waals surface area contributed by atoms with Gasteiger partial charge in [0.15, 0.2) is 0 Å². The Hall–Kier alpha value is -2.81. The van der Waals surface area contributed by atoms with E-state index in [1.807, 2.05) is 24.3 Å². The molecule has 0 saturated heterocycles. The van der Waals surface area contributed by atoms with Gasteiger partial charge < -0.3 is 0 Å². The zero-order chi connectivity index (χ0) is 16.5. The fourth-order valence-electron chi connectivity index (χ4n) is 3.22. The Morgan fingerprint density at radius 3 is 2.62 bits per heavy atom. The molecule has 1 nitrogen and oxygen atoms in total. The van der Waals surface area contributed by atoms with E-state index in [1.54, 1.807) is 30.5 Å². The molecule has 2 aromatic carbocycles. The first kappa shape index (κ1) is 14.8. The molecule has 0 aliphatic heterocycles. The van der Waals surface area contributed by atoms with Gasteiger partial charge in [-0.2, -0.15) is 0 Å². The molecule has 0 fully saturated rings. The number of hydrogen-bond acceptors (Lipinski definition) is 1. The van der Waals surface area contributed by atoms with Gasteiger partial charge in [-0.05, 0) is 59.9 Å². The molecular weight excluding hydrogens is 304 g/mol. The first-order valence-electron chi connectivity index (χ1n) is 7.91. The van der Waals surface area contributed by atoms with Gasteiger partial charge in [-0.25, -0.2) is 8.78 Å². The molecular formula is C21H15F2N. The number of aromatic nitrogens is 1. The van der Waals surface area contributed by atoms with Crippen molar-refractivity contribution in [3.63, 3.8) is 0 Å². The molecule has 0 unspecified atom stereocenters. The van der Waals surface area contributed by atoms with Crippen molar-refractivity contribution in [3.05, 3.63) is 100 Å². The molecule has 0 atom stereocenters. The van der Waals surface area contributed by atoms with Gasteiger partial charge in [-0.15, -0.1) is 0 Å². The third-order valence-electron chi connectivity index (χ3n) is 4.37. The largest absolute Gasteiger partial charge is 0.261 e. The van der Waals surface area contributed by atoms with Crippen LogP contribution in [0.4, 0.5) is 8.78 Å². The lowest BCUT2D eigenvalue weighted by molar-refractivity contribution is 0.624. The monoisotopic (exact) mass is 319 g/mol. The number of benzene rings is 2. The molecule has 4 rings (SSSR count). The zero-order valence-corrected chi connectivity index (χ0v) is 13.0. The lowest BCUT2D eigenvalue weighted by atomic mass is 9.93. The second-order valence-corrected chi connectivity index (χ2v) is 5.88. The summed E-state index contributed by atoms with van der Waals surface area (Å²) in [6.45, 7) is 0. The summed E-state index contributed by atoms with van der Waals surface area (Å²) in [4.78, 5) is 4.47. The minimum absolute atomic E-state index is 0.252. The summed E-state index contributed by atoms with van der Waals surface area (Å²) in [6.07, 6.45) is 5.04. The Balaban J connectivity index is 1.99. The number of hydrogen-bond donors (Lipinski definition) is 0. The molecule has 0 amide bonds. The lowest BCUT2D eigenvalue weighted by Gasteiger charge is -2.12. The highest BCUT2D eigenvalue weighted by Crippen LogP contribution is 2.34. The van der Waals surface area contributed by atoms with Gasteiger partial charge in [0.05, 0.1) is 0 Å². The van der Waals surface area contributed by atoms with Gasteiger partial charge in [0.1, 0.15) is 11.6 Å². The molecule has 24 heavy (non-hydrogen) atoms. The molecule has 0 bridgehead atoms. The Labute approximate surface area is 139 Å². The molecule has 1 aromatic heterocycles. The van der Waals surface area contributed by atoms with Gasteiger partial charge in [-0.1, -0.05) is 30.3 Å². The van der Waals surface area contributed by atoms with E-state index in [1.165, 1.54) is 12.1 Å². The van der Waals surface area contributed by atoms with Crippen LogP contribution < -0.4 is 0 Å². The van der Waals surface area contributed by atoms with Crippen LogP contribution in [0.1, 0.15) is 27.9 Å². The van der Waals surface area contributed by atoms with Gasteiger partial charge in [0.25, 0.3) is 0 Å². The van der Waals surface area contributed by atoms with Crippen molar-refractivity contribution in [1.29, 1.82) is 0 Å². The molecule has 1 heterocycles. The SMILES string of the molecule is Fc1ccc2c(c1)CCc1ncccc1/C2=C/c1ccccc1F. The molecule has 3 heteroatoms. The average Bonchev–Trinajstić information content (AvgIpc) is 2.74. The maximum absolute atomic E-state index is 14.1. The van der Waals surface area contributed by atoms with Crippen molar-refractivity contribution >= 4 is 11.6 Å². The van der Waals surface area contributed by atoms with Crippen molar-refractivity contribution in [2.24, 2.45) is 0 Å². The average molecular weight is 319 g/mol. The summed E-state index contributed by atoms with van der Waals surface area (Å²) in [5, 5.41) is 0. The minimum Gasteiger partial charge on any atom is -0.261 e. The Kier molecular flexibility index (Phi) is 3.69. The van der Waals surface area contributed by atoms with Crippen LogP contribution >= 0.6 is 0 Å². The molecule has 0 radical (unpaired) electrons. The third-order valence-corrected chi connectivity index (χ3v) is 4.37. The standard InChI is InChI=1S/C21H15F2N/c22-16-8-9-17-14(12-16)7-10-21-18(5-3-11-24-21)19(17)13-15-4-1-2-6-20(15)23/h1-6,8-9,11-13H,7,10H2/b19-13+. The Morgan fingerprint density at radius 1 is 0.875 bits per heavy atom. The van der Waals surface area contributed by atoms with E-state index in [-0.39, 0.29) is 11.6 Å². The van der Waals surface area contributed by atoms with E-state index in [0.29, 0.717) is 12.0 Å². The number of halogens is 2. The van der Waals surface area contributed by atoms with Gasteiger partial charge in [0.2, 0.25) is 0 Å². The summed E-state index contributed by atoms with van der Waals surface area (Å²) >= 11 is 0. The lowest BCUT2D eigenvalue weighted by Crippen LogP contribution is -1.95. The second-order valence-electron chi connectivity index (χ2n) is 5.88. The maximum Gasteiger partial charge on any atom is 0.130 e. The third kappa shape index (κ3) is 2.62. The Morgan fingerprint density at radius 2 is 1.75 bits per heavy atom. The Bertz CT molecular complexity index is 944. The highest BCUT2D eigenvalue weighted by molar-refractivity contribution is 5.93. The predicted octanol–water partition coefficient (Wildman–Crippen LogP) is 5.05. The number of rotatable bonds is 1. The van der Waals surface area contributed by atoms with E-state index in [0.717, 1.165) is 34.4 Å². The molecule has 0 N–H and O–H groups in total. The predicted molar refractivity (Wildman–Crippen MR) is 91.4 cm³/mol. The van der Waals surface area contributed by atoms with E-state index in [2.05, 4.69) is 4.98 Å². The summed E-state index contributed by atoms with van der Waals surface area (Å²) in [5.74, 6) is -0.527. The van der Waals surface area contributed by atoms with Crippen LogP contribution in [0.3, 0.4) is 0 Å². The molecule has 1 aliphatic carbocycles. The summed E-state index contributed by atoms with van der Waals surface area (Å²) in [7, 11) is 0. The highest BCUT2D eigenvalue weighted by Gasteiger charge is 2.19. The van der Waals surface area contributed by atoms with Gasteiger partial charge in [-0.3, -0.25) is 4.98 Å². The normalized spacial score (nSPS) is 14.8. The van der Waals surface area contributed by atoms with E-state index in [9.17, 15) is 8.78 Å². The van der Waals surface area contributed by atoms with Crippen LogP contribution in [-0.4, -0.2) is 4.98 Å². The highest BCUT2D eigenvalue weighted by atomic mass is 19.1. The van der Waals surface area contributed by atoms with Crippen molar-refractivity contribution in [3.8, 4) is 0 Å². The molecule has 3 aromatic rings. The van der Waals surface area contributed by atoms with Gasteiger partial charge >= 0.3 is 0 Å². The van der Waals surface area contributed by atoms with Crippen LogP contribution in [0, 0.1) is 11.6 Å². The fourth-order valence-corrected chi connectivity index (χ4v) is 3.22. The zero-order valence-electron chi connectivity index (χ0n) is 13.0. The summed E-state index contributed by atoms with van der Waals surface area (Å²) in [6, 6.07) is 15.3. The quantitative estimate of drug-likeness (QED) is 0.612. The number of nitrogens with zero attached hydrogens (tertiary/aromatic N) is 1. The smallest absolute Gasteiger partial charge is 0.130 e. The maximum atomic E-state index is 14.1. The van der Waals surface area contributed by atoms with Crippen LogP contribution in [-0.2, 0) is 12.8 Å². The summed E-state index contributed by atoms with van der Waals surface area (Å²) in [5.41, 5.74) is 5.19. The van der Waals surface area contributed by atoms with Crippen molar-refractivity contribution in [2.75, 3.05) is 0 Å².